The summed E-state index contributed by atoms with van der Waals surface area (Å²) in [4.78, 5) is 0. The van der Waals surface area contributed by atoms with Gasteiger partial charge in [0.1, 0.15) is 17.2 Å². The van der Waals surface area contributed by atoms with Gasteiger partial charge in [0, 0.05) is 0 Å². The van der Waals surface area contributed by atoms with Gasteiger partial charge in [-0.25, -0.2) is 4.39 Å². The molecule has 0 spiro atoms. The third-order valence-corrected chi connectivity index (χ3v) is 2.66. The summed E-state index contributed by atoms with van der Waals surface area (Å²) in [5, 5.41) is 0. The van der Waals surface area contributed by atoms with Crippen molar-refractivity contribution in [1.82, 2.24) is 0 Å². The quantitative estimate of drug-likeness (QED) is 0.517. The van der Waals surface area contributed by atoms with Crippen LogP contribution in [0.25, 0.3) is 5.76 Å². The molecule has 0 amide bonds. The van der Waals surface area contributed by atoms with Crippen LogP contribution in [0, 0.1) is 5.82 Å². The minimum absolute atomic E-state index is 0.142. The number of hydrogen-bond acceptors (Lipinski definition) is 1. The van der Waals surface area contributed by atoms with Gasteiger partial charge >= 0.3 is 6.18 Å². The number of alkyl halides is 3. The molecule has 0 aliphatic rings. The van der Waals surface area contributed by atoms with Crippen molar-refractivity contribution in [3.63, 3.8) is 0 Å². The van der Waals surface area contributed by atoms with E-state index in [-0.39, 0.29) is 15.8 Å². The van der Waals surface area contributed by atoms with Crippen molar-refractivity contribution in [1.29, 1.82) is 0 Å². The first kappa shape index (κ1) is 16.0. The monoisotopic (exact) mass is 340 g/mol. The lowest BCUT2D eigenvalue weighted by molar-refractivity contribution is -0.137. The van der Waals surface area contributed by atoms with Gasteiger partial charge in [-0.05, 0) is 48.8 Å². The highest BCUT2D eigenvalue weighted by Gasteiger charge is 2.33. The highest BCUT2D eigenvalue weighted by molar-refractivity contribution is 9.10. The topological polar surface area (TPSA) is 9.23 Å². The first-order chi connectivity index (χ1) is 8.42. The molecule has 0 aliphatic heterocycles. The van der Waals surface area contributed by atoms with Gasteiger partial charge in [0.15, 0.2) is 0 Å². The van der Waals surface area contributed by atoms with Crippen LogP contribution in [-0.4, -0.2) is 5.60 Å². The van der Waals surface area contributed by atoms with Crippen molar-refractivity contribution in [2.24, 2.45) is 0 Å². The molecule has 106 valence electrons. The minimum atomic E-state index is -4.56. The lowest BCUT2D eigenvalue weighted by atomic mass is 10.1. The molecule has 0 unspecified atom stereocenters. The zero-order valence-electron chi connectivity index (χ0n) is 10.7. The predicted molar refractivity (Wildman–Crippen MR) is 69.0 cm³/mol. The van der Waals surface area contributed by atoms with Crippen LogP contribution in [0.1, 0.15) is 31.9 Å². The van der Waals surface area contributed by atoms with Crippen molar-refractivity contribution in [3.8, 4) is 0 Å². The van der Waals surface area contributed by atoms with Gasteiger partial charge < -0.3 is 4.74 Å². The lowest BCUT2D eigenvalue weighted by Crippen LogP contribution is -2.18. The zero-order valence-corrected chi connectivity index (χ0v) is 12.2. The van der Waals surface area contributed by atoms with E-state index >= 15 is 0 Å². The summed E-state index contributed by atoms with van der Waals surface area (Å²) in [6.45, 7) is 8.56. The Morgan fingerprint density at radius 3 is 2.16 bits per heavy atom. The van der Waals surface area contributed by atoms with E-state index < -0.39 is 23.2 Å². The van der Waals surface area contributed by atoms with E-state index in [0.717, 1.165) is 0 Å². The van der Waals surface area contributed by atoms with Crippen LogP contribution in [0.15, 0.2) is 23.2 Å². The van der Waals surface area contributed by atoms with E-state index in [0.29, 0.717) is 12.1 Å². The highest BCUT2D eigenvalue weighted by Crippen LogP contribution is 2.36. The van der Waals surface area contributed by atoms with Gasteiger partial charge in [-0.2, -0.15) is 13.2 Å². The zero-order chi connectivity index (χ0) is 15.0. The number of halogens is 5. The maximum Gasteiger partial charge on any atom is 0.416 e. The Kier molecular flexibility index (Phi) is 4.34. The fourth-order valence-corrected chi connectivity index (χ4v) is 1.84. The summed E-state index contributed by atoms with van der Waals surface area (Å²) in [5.74, 6) is -0.973. The van der Waals surface area contributed by atoms with Crippen molar-refractivity contribution >= 4 is 21.7 Å². The maximum atomic E-state index is 13.8. The van der Waals surface area contributed by atoms with Gasteiger partial charge in [-0.1, -0.05) is 6.58 Å². The van der Waals surface area contributed by atoms with Crippen molar-refractivity contribution in [2.45, 2.75) is 32.5 Å². The molecule has 1 nitrogen and oxygen atoms in total. The summed E-state index contributed by atoms with van der Waals surface area (Å²) in [7, 11) is 0. The van der Waals surface area contributed by atoms with Crippen LogP contribution in [0.2, 0.25) is 0 Å². The number of benzene rings is 1. The Bertz CT molecular complexity index is 501. The molecular formula is C13H13BrF4O. The van der Waals surface area contributed by atoms with E-state index in [4.69, 9.17) is 4.74 Å². The molecule has 1 aromatic rings. The molecule has 6 heteroatoms. The van der Waals surface area contributed by atoms with Gasteiger partial charge in [0.25, 0.3) is 0 Å². The summed E-state index contributed by atoms with van der Waals surface area (Å²) in [5.41, 5.74) is -1.95. The fraction of sp³-hybridized carbons (Fsp3) is 0.385. The molecule has 19 heavy (non-hydrogen) atoms. The SMILES string of the molecule is C=C(OC(C)(C)C)c1cc(C(F)(F)F)cc(Br)c1F. The third-order valence-electron chi connectivity index (χ3n) is 2.09. The molecule has 1 aromatic carbocycles. The number of ether oxygens (including phenoxy) is 1. The molecule has 0 fully saturated rings. The molecule has 0 atom stereocenters. The average molecular weight is 341 g/mol. The molecule has 0 aromatic heterocycles. The van der Waals surface area contributed by atoms with Gasteiger partial charge in [0.05, 0.1) is 15.6 Å². The summed E-state index contributed by atoms with van der Waals surface area (Å²) < 4.78 is 56.9. The number of hydrogen-bond donors (Lipinski definition) is 0. The standard InChI is InChI=1S/C13H13BrF4O/c1-7(19-12(2,3)4)9-5-8(13(16,17)18)6-10(14)11(9)15/h5-6H,1H2,2-4H3. The molecule has 0 N–H and O–H groups in total. The highest BCUT2D eigenvalue weighted by atomic mass is 79.9. The summed E-state index contributed by atoms with van der Waals surface area (Å²) in [6, 6.07) is 1.37. The van der Waals surface area contributed by atoms with Crippen LogP contribution in [0.4, 0.5) is 17.6 Å². The second-order valence-corrected chi connectivity index (χ2v) is 5.81. The van der Waals surface area contributed by atoms with Crippen LogP contribution in [0.5, 0.6) is 0 Å². The van der Waals surface area contributed by atoms with Crippen molar-refractivity contribution in [3.05, 3.63) is 40.1 Å². The fourth-order valence-electron chi connectivity index (χ4n) is 1.38. The molecule has 0 saturated heterocycles. The van der Waals surface area contributed by atoms with Crippen LogP contribution in [-0.2, 0) is 10.9 Å². The smallest absolute Gasteiger partial charge is 0.416 e. The molecular weight excluding hydrogens is 328 g/mol. The average Bonchev–Trinajstić information content (AvgIpc) is 2.17. The Hall–Kier alpha value is -1.04. The van der Waals surface area contributed by atoms with E-state index in [9.17, 15) is 17.6 Å². The molecule has 0 heterocycles. The van der Waals surface area contributed by atoms with E-state index in [1.54, 1.807) is 20.8 Å². The third kappa shape index (κ3) is 4.23. The van der Waals surface area contributed by atoms with E-state index in [1.807, 2.05) is 0 Å². The second-order valence-electron chi connectivity index (χ2n) is 4.95. The Balaban J connectivity index is 3.28. The molecule has 0 radical (unpaired) electrons. The largest absolute Gasteiger partial charge is 0.488 e. The predicted octanol–water partition coefficient (Wildman–Crippen LogP) is 5.39. The molecule has 0 bridgehead atoms. The van der Waals surface area contributed by atoms with Crippen molar-refractivity contribution < 1.29 is 22.3 Å². The molecule has 0 aliphatic carbocycles. The van der Waals surface area contributed by atoms with Crippen LogP contribution in [0.3, 0.4) is 0 Å². The number of rotatable bonds is 2. The van der Waals surface area contributed by atoms with Gasteiger partial charge in [-0.3, -0.25) is 0 Å². The summed E-state index contributed by atoms with van der Waals surface area (Å²) >= 11 is 2.77. The van der Waals surface area contributed by atoms with E-state index in [1.165, 1.54) is 0 Å². The van der Waals surface area contributed by atoms with Gasteiger partial charge in [-0.15, -0.1) is 0 Å². The van der Waals surface area contributed by atoms with Crippen LogP contribution >= 0.6 is 15.9 Å². The Labute approximate surface area is 117 Å². The Morgan fingerprint density at radius 1 is 1.21 bits per heavy atom. The maximum absolute atomic E-state index is 13.8. The Morgan fingerprint density at radius 2 is 1.74 bits per heavy atom. The first-order valence-corrected chi connectivity index (χ1v) is 6.15. The molecule has 1 rings (SSSR count). The van der Waals surface area contributed by atoms with E-state index in [2.05, 4.69) is 22.5 Å². The molecule has 0 saturated carbocycles. The first-order valence-electron chi connectivity index (χ1n) is 5.36. The summed E-state index contributed by atoms with van der Waals surface area (Å²) in [6.07, 6.45) is -4.56. The normalized spacial score (nSPS) is 12.4. The second kappa shape index (κ2) is 5.15. The van der Waals surface area contributed by atoms with Crippen molar-refractivity contribution in [2.75, 3.05) is 0 Å². The van der Waals surface area contributed by atoms with Crippen LogP contribution < -0.4 is 0 Å². The minimum Gasteiger partial charge on any atom is -0.488 e. The lowest BCUT2D eigenvalue weighted by Gasteiger charge is -2.23. The van der Waals surface area contributed by atoms with Gasteiger partial charge in [0.2, 0.25) is 0 Å².